The van der Waals surface area contributed by atoms with Crippen LogP contribution in [0.15, 0.2) is 46.8 Å². The van der Waals surface area contributed by atoms with E-state index in [-0.39, 0.29) is 23.8 Å². The number of H-pyrrole nitrogens is 1. The smallest absolute Gasteiger partial charge is 0.352 e. The molecule has 40 heavy (non-hydrogen) atoms. The molecule has 4 rings (SSSR count). The van der Waals surface area contributed by atoms with Gasteiger partial charge in [0.2, 0.25) is 17.0 Å². The maximum atomic E-state index is 13.0. The van der Waals surface area contributed by atoms with Gasteiger partial charge in [-0.25, -0.2) is 9.78 Å². The fourth-order valence-electron chi connectivity index (χ4n) is 4.58. The first-order valence-corrected chi connectivity index (χ1v) is 15.1. The van der Waals surface area contributed by atoms with Gasteiger partial charge in [-0.15, -0.1) is 16.9 Å². The standard InChI is InChI=1S/C26H33N7O5S2/c1-3-10-32(11-4-2)18(34)12-17-28-26(31-30-17)40-14-16-13-39-24-20(23(36)33(24)21(16)25(37)38)29-22(35)19(27)15-8-6-5-7-9-15/h5-9,19-20,24H,3-4,10-14,27H2,1-2H3,(H,29,35)(H,37,38)(H,28,30,31)/t19?,20?,24-/m0/s1. The Morgan fingerprint density at radius 2 is 1.95 bits per heavy atom. The van der Waals surface area contributed by atoms with Crippen molar-refractivity contribution in [2.24, 2.45) is 5.73 Å². The van der Waals surface area contributed by atoms with Crippen molar-refractivity contribution < 1.29 is 24.3 Å². The molecule has 0 saturated carbocycles. The molecule has 2 unspecified atom stereocenters. The minimum Gasteiger partial charge on any atom is -0.477 e. The number of nitrogens with one attached hydrogen (secondary N) is 2. The minimum atomic E-state index is -1.21. The lowest BCUT2D eigenvalue weighted by Crippen LogP contribution is -2.71. The number of hydrogen-bond acceptors (Lipinski definition) is 9. The lowest BCUT2D eigenvalue weighted by atomic mass is 10.0. The fraction of sp³-hybridized carbons (Fsp3) is 0.462. The van der Waals surface area contributed by atoms with E-state index in [4.69, 9.17) is 5.73 Å². The molecular formula is C26H33N7O5S2. The maximum absolute atomic E-state index is 13.0. The Bertz CT molecular complexity index is 1280. The molecule has 3 atom stereocenters. The van der Waals surface area contributed by atoms with Gasteiger partial charge in [-0.2, -0.15) is 0 Å². The van der Waals surface area contributed by atoms with E-state index >= 15 is 0 Å². The van der Waals surface area contributed by atoms with Crippen molar-refractivity contribution in [1.29, 1.82) is 0 Å². The van der Waals surface area contributed by atoms with Crippen LogP contribution >= 0.6 is 23.5 Å². The fourth-order valence-corrected chi connectivity index (χ4v) is 6.88. The topological polar surface area (TPSA) is 175 Å². The molecule has 12 nitrogen and oxygen atoms in total. The Labute approximate surface area is 240 Å². The highest BCUT2D eigenvalue weighted by atomic mass is 32.2. The number of thioether (sulfide) groups is 2. The number of aliphatic carboxylic acids is 1. The van der Waals surface area contributed by atoms with Crippen LogP contribution in [-0.2, 0) is 25.6 Å². The van der Waals surface area contributed by atoms with Crippen molar-refractivity contribution in [1.82, 2.24) is 30.3 Å². The van der Waals surface area contributed by atoms with Gasteiger partial charge in [-0.1, -0.05) is 55.9 Å². The van der Waals surface area contributed by atoms with E-state index in [0.717, 1.165) is 12.8 Å². The zero-order valence-electron chi connectivity index (χ0n) is 22.3. The number of carboxylic acids is 1. The van der Waals surface area contributed by atoms with Gasteiger partial charge in [0.15, 0.2) is 0 Å². The Kier molecular flexibility index (Phi) is 9.87. The quantitative estimate of drug-likeness (QED) is 0.199. The highest BCUT2D eigenvalue weighted by Crippen LogP contribution is 2.41. The summed E-state index contributed by atoms with van der Waals surface area (Å²) in [5.41, 5.74) is 7.14. The molecule has 14 heteroatoms. The average molecular weight is 588 g/mol. The summed E-state index contributed by atoms with van der Waals surface area (Å²) in [5.74, 6) is -1.17. The molecule has 0 spiro atoms. The van der Waals surface area contributed by atoms with Gasteiger partial charge in [0.25, 0.3) is 5.91 Å². The third kappa shape index (κ3) is 6.50. The van der Waals surface area contributed by atoms with Crippen LogP contribution in [-0.4, -0.2) is 89.8 Å². The Morgan fingerprint density at radius 3 is 2.60 bits per heavy atom. The lowest BCUT2D eigenvalue weighted by molar-refractivity contribution is -0.150. The van der Waals surface area contributed by atoms with Crippen LogP contribution in [0.4, 0.5) is 0 Å². The van der Waals surface area contributed by atoms with Crippen molar-refractivity contribution in [2.45, 2.75) is 55.7 Å². The van der Waals surface area contributed by atoms with Crippen LogP contribution in [0.5, 0.6) is 0 Å². The van der Waals surface area contributed by atoms with Gasteiger partial charge in [-0.05, 0) is 24.0 Å². The molecule has 2 aliphatic heterocycles. The zero-order valence-corrected chi connectivity index (χ0v) is 24.0. The molecule has 0 bridgehead atoms. The molecular weight excluding hydrogens is 554 g/mol. The van der Waals surface area contributed by atoms with Gasteiger partial charge in [-0.3, -0.25) is 24.4 Å². The number of aromatic amines is 1. The molecule has 1 fully saturated rings. The van der Waals surface area contributed by atoms with Crippen LogP contribution < -0.4 is 11.1 Å². The Balaban J connectivity index is 1.37. The second-order valence-corrected chi connectivity index (χ2v) is 11.5. The molecule has 1 aromatic carbocycles. The summed E-state index contributed by atoms with van der Waals surface area (Å²) >= 11 is 2.61. The summed E-state index contributed by atoms with van der Waals surface area (Å²) in [4.78, 5) is 57.9. The number of β-lactam (4-membered cyclic amide) rings is 1. The Hall–Kier alpha value is -3.36. The van der Waals surface area contributed by atoms with Crippen LogP contribution in [0.1, 0.15) is 44.1 Å². The lowest BCUT2D eigenvalue weighted by Gasteiger charge is -2.49. The second kappa shape index (κ2) is 13.3. The monoisotopic (exact) mass is 587 g/mol. The molecule has 5 N–H and O–H groups in total. The molecule has 2 aliphatic rings. The normalized spacial score (nSPS) is 19.1. The Morgan fingerprint density at radius 1 is 1.25 bits per heavy atom. The van der Waals surface area contributed by atoms with Crippen molar-refractivity contribution in [3.63, 3.8) is 0 Å². The molecule has 2 aromatic rings. The number of aromatic nitrogens is 3. The number of rotatable bonds is 13. The zero-order chi connectivity index (χ0) is 28.8. The SMILES string of the molecule is CCCN(CCC)C(=O)Cc1nc(SCC2=C(C(=O)O)N3C(=O)C(NC(=O)C(N)c4ccccc4)[C@@H]3SC2)n[nH]1. The first kappa shape index (κ1) is 29.6. The van der Waals surface area contributed by atoms with E-state index in [2.05, 4.69) is 20.5 Å². The highest BCUT2D eigenvalue weighted by molar-refractivity contribution is 8.01. The average Bonchev–Trinajstić information content (AvgIpc) is 3.40. The molecule has 1 aromatic heterocycles. The summed E-state index contributed by atoms with van der Waals surface area (Å²) in [7, 11) is 0. The molecule has 3 heterocycles. The van der Waals surface area contributed by atoms with Crippen molar-refractivity contribution >= 4 is 47.2 Å². The first-order chi connectivity index (χ1) is 19.2. The molecule has 0 radical (unpaired) electrons. The number of fused-ring (bicyclic) bond motifs is 1. The van der Waals surface area contributed by atoms with Crippen molar-refractivity contribution in [3.05, 3.63) is 53.0 Å². The van der Waals surface area contributed by atoms with Gasteiger partial charge >= 0.3 is 5.97 Å². The molecule has 214 valence electrons. The number of benzene rings is 1. The number of nitrogens with zero attached hydrogens (tertiary/aromatic N) is 4. The van der Waals surface area contributed by atoms with Crippen molar-refractivity contribution in [3.8, 4) is 0 Å². The largest absolute Gasteiger partial charge is 0.477 e. The van der Waals surface area contributed by atoms with Gasteiger partial charge in [0.05, 0.1) is 6.42 Å². The predicted octanol–water partition coefficient (Wildman–Crippen LogP) is 1.53. The van der Waals surface area contributed by atoms with E-state index in [1.807, 2.05) is 24.8 Å². The van der Waals surface area contributed by atoms with E-state index in [1.54, 1.807) is 24.3 Å². The van der Waals surface area contributed by atoms with E-state index in [1.165, 1.54) is 28.4 Å². The summed E-state index contributed by atoms with van der Waals surface area (Å²) in [6.07, 6.45) is 1.85. The third-order valence-corrected chi connectivity index (χ3v) is 8.81. The van der Waals surface area contributed by atoms with Gasteiger partial charge in [0.1, 0.15) is 29.0 Å². The van der Waals surface area contributed by atoms with Crippen LogP contribution in [0, 0.1) is 0 Å². The summed E-state index contributed by atoms with van der Waals surface area (Å²) in [5, 5.41) is 19.4. The van der Waals surface area contributed by atoms with E-state index < -0.39 is 35.2 Å². The highest BCUT2D eigenvalue weighted by Gasteiger charge is 2.54. The van der Waals surface area contributed by atoms with E-state index in [0.29, 0.717) is 41.0 Å². The molecule has 0 aliphatic carbocycles. The maximum Gasteiger partial charge on any atom is 0.352 e. The number of nitrogens with two attached hydrogens (primary N) is 1. The molecule has 3 amide bonds. The van der Waals surface area contributed by atoms with Crippen molar-refractivity contribution in [2.75, 3.05) is 24.6 Å². The van der Waals surface area contributed by atoms with Gasteiger partial charge < -0.3 is 21.1 Å². The van der Waals surface area contributed by atoms with Crippen LogP contribution in [0.25, 0.3) is 0 Å². The third-order valence-electron chi connectivity index (χ3n) is 6.53. The number of carbonyl (C=O) groups excluding carboxylic acids is 3. The summed E-state index contributed by atoms with van der Waals surface area (Å²) in [6.45, 7) is 5.42. The van der Waals surface area contributed by atoms with Crippen LogP contribution in [0.2, 0.25) is 0 Å². The number of carboxylic acid groups (broad SMARTS) is 1. The number of hydrogen-bond donors (Lipinski definition) is 4. The molecule has 1 saturated heterocycles. The summed E-state index contributed by atoms with van der Waals surface area (Å²) < 4.78 is 0. The minimum absolute atomic E-state index is 0.0235. The summed E-state index contributed by atoms with van der Waals surface area (Å²) in [6, 6.07) is 7.01. The first-order valence-electron chi connectivity index (χ1n) is 13.1. The predicted molar refractivity (Wildman–Crippen MR) is 151 cm³/mol. The van der Waals surface area contributed by atoms with E-state index in [9.17, 15) is 24.3 Å². The number of amides is 3. The van der Waals surface area contributed by atoms with Crippen LogP contribution in [0.3, 0.4) is 0 Å². The number of carbonyl (C=O) groups is 4. The van der Waals surface area contributed by atoms with Gasteiger partial charge in [0, 0.05) is 24.6 Å². The second-order valence-electron chi connectivity index (χ2n) is 9.45.